The normalized spacial score (nSPS) is 48.7. The average molecular weight is 741 g/mol. The molecule has 0 aliphatic carbocycles. The monoisotopic (exact) mass is 740 g/mol. The molecule has 15 nitrogen and oxygen atoms in total. The number of esters is 1. The third kappa shape index (κ3) is 8.74. The first-order chi connectivity index (χ1) is 24.6. The maximum Gasteiger partial charge on any atom is 0.509 e. The number of methoxy groups -OCH3 is 2. The van der Waals surface area contributed by atoms with Crippen LogP contribution >= 0.6 is 0 Å². The van der Waals surface area contributed by atoms with Crippen LogP contribution in [0.5, 0.6) is 0 Å². The Labute approximate surface area is 305 Å². The maximum atomic E-state index is 13.4. The molecular weight excluding hydrogens is 684 g/mol. The van der Waals surface area contributed by atoms with Crippen molar-refractivity contribution >= 4 is 17.9 Å². The molecule has 0 aromatic carbocycles. The second-order valence-electron chi connectivity index (χ2n) is 15.0. The first-order valence-corrected chi connectivity index (χ1v) is 18.3. The van der Waals surface area contributed by atoms with Crippen molar-refractivity contribution in [2.24, 2.45) is 23.7 Å². The molecule has 5 rings (SSSR count). The molecule has 0 unspecified atom stereocenters. The Bertz CT molecular complexity index is 1320. The van der Waals surface area contributed by atoms with Crippen molar-refractivity contribution < 1.29 is 72.0 Å². The highest BCUT2D eigenvalue weighted by Crippen LogP contribution is 2.42. The van der Waals surface area contributed by atoms with Crippen LogP contribution in [0.2, 0.25) is 0 Å². The summed E-state index contributed by atoms with van der Waals surface area (Å²) < 4.78 is 58.3. The smallest absolute Gasteiger partial charge is 0.459 e. The summed E-state index contributed by atoms with van der Waals surface area (Å²) in [6.45, 7) is 12.6. The van der Waals surface area contributed by atoms with Gasteiger partial charge in [0.15, 0.2) is 24.0 Å². The minimum Gasteiger partial charge on any atom is -0.459 e. The number of epoxide rings is 1. The molecule has 52 heavy (non-hydrogen) atoms. The Balaban J connectivity index is 1.34. The SMILES string of the molecule is CO[C@H]1[C@H](OC[C@@H]2[C@@H]3O[C@@H]3/C=C/C(=O)[C@@H](C)C[C@@H](C)[C@@H](O[C@@H]3O[C@H](C)C[C@@]4(OC(=O)O[C@H]4C)[C@H]3O)[C@@H](C)/C=C/C(=O)O[C@H]2C)O[C@H](C)[C@@H](O)[C@@H]1OC. The first-order valence-electron chi connectivity index (χ1n) is 18.3. The second-order valence-corrected chi connectivity index (χ2v) is 15.0. The van der Waals surface area contributed by atoms with Gasteiger partial charge in [0.05, 0.1) is 31.0 Å². The predicted molar refractivity (Wildman–Crippen MR) is 181 cm³/mol. The molecule has 0 aromatic heterocycles. The molecule has 5 aliphatic heterocycles. The van der Waals surface area contributed by atoms with Crippen LogP contribution in [0, 0.1) is 23.7 Å². The van der Waals surface area contributed by atoms with E-state index in [0.29, 0.717) is 6.42 Å². The van der Waals surface area contributed by atoms with Gasteiger partial charge in [-0.05, 0) is 52.2 Å². The Kier molecular flexibility index (Phi) is 13.2. The Hall–Kier alpha value is -2.47. The fourth-order valence-corrected chi connectivity index (χ4v) is 7.99. The van der Waals surface area contributed by atoms with E-state index in [9.17, 15) is 24.6 Å². The van der Waals surface area contributed by atoms with Gasteiger partial charge in [0.2, 0.25) is 0 Å². The van der Waals surface area contributed by atoms with E-state index >= 15 is 0 Å². The predicted octanol–water partition coefficient (Wildman–Crippen LogP) is 2.62. The molecule has 4 fully saturated rings. The van der Waals surface area contributed by atoms with E-state index in [-0.39, 0.29) is 24.7 Å². The van der Waals surface area contributed by atoms with Gasteiger partial charge in [-0.3, -0.25) is 4.79 Å². The Morgan fingerprint density at radius 1 is 0.827 bits per heavy atom. The number of hydrogen-bond acceptors (Lipinski definition) is 15. The lowest BCUT2D eigenvalue weighted by Gasteiger charge is -2.46. The van der Waals surface area contributed by atoms with Crippen molar-refractivity contribution in [3.8, 4) is 0 Å². The topological polar surface area (TPSA) is 187 Å². The zero-order valence-electron chi connectivity index (χ0n) is 31.4. The molecule has 0 radical (unpaired) electrons. The fraction of sp³-hybridized carbons (Fsp3) is 0.811. The van der Waals surface area contributed by atoms with Crippen LogP contribution < -0.4 is 0 Å². The lowest BCUT2D eigenvalue weighted by atomic mass is 9.82. The standard InChI is InChI=1S/C37H56O15/c1-17-10-13-27(39)47-21(5)24(16-45-34-32(44-9)31(43-8)28(40)22(6)48-34)30-26(50-30)12-11-25(38)18(2)14-19(3)29(17)51-35-33(41)37(15-20(4)46-35)23(7)49-36(42)52-37/h10-13,17-24,26,28-35,40-41H,14-16H2,1-9H3/b12-11+,13-10+/t17-,18-,19+,20+,21-,22+,23-,24-,26+,28+,29-,30-,31-,32+,33-,34+,35-,37-/m0/s1. The van der Waals surface area contributed by atoms with Gasteiger partial charge in [-0.2, -0.15) is 0 Å². The zero-order valence-corrected chi connectivity index (χ0v) is 31.4. The number of carbonyl (C=O) groups excluding carboxylic acids is 3. The summed E-state index contributed by atoms with van der Waals surface area (Å²) in [5.41, 5.74) is -1.35. The van der Waals surface area contributed by atoms with Gasteiger partial charge in [-0.1, -0.05) is 26.8 Å². The molecule has 5 heterocycles. The number of rotatable bonds is 7. The quantitative estimate of drug-likeness (QED) is 0.286. The fourth-order valence-electron chi connectivity index (χ4n) is 7.99. The van der Waals surface area contributed by atoms with Crippen molar-refractivity contribution in [1.82, 2.24) is 0 Å². The summed E-state index contributed by atoms with van der Waals surface area (Å²) in [6, 6.07) is 0. The molecule has 5 aliphatic rings. The van der Waals surface area contributed by atoms with Crippen LogP contribution in [0.3, 0.4) is 0 Å². The highest BCUT2D eigenvalue weighted by atomic mass is 16.8. The molecule has 0 amide bonds. The summed E-state index contributed by atoms with van der Waals surface area (Å²) in [7, 11) is 2.96. The van der Waals surface area contributed by atoms with Gasteiger partial charge in [-0.15, -0.1) is 0 Å². The zero-order chi connectivity index (χ0) is 38.1. The van der Waals surface area contributed by atoms with E-state index < -0.39 is 115 Å². The number of ketones is 1. The van der Waals surface area contributed by atoms with Gasteiger partial charge >= 0.3 is 12.1 Å². The molecule has 0 saturated carbocycles. The van der Waals surface area contributed by atoms with Crippen molar-refractivity contribution in [2.45, 2.75) is 147 Å². The number of ether oxygens (including phenoxy) is 10. The van der Waals surface area contributed by atoms with Crippen molar-refractivity contribution in [2.75, 3.05) is 20.8 Å². The van der Waals surface area contributed by atoms with Crippen molar-refractivity contribution in [3.63, 3.8) is 0 Å². The number of aliphatic hydroxyl groups excluding tert-OH is 2. The second kappa shape index (κ2) is 16.9. The highest BCUT2D eigenvalue weighted by Gasteiger charge is 2.61. The molecule has 294 valence electrons. The van der Waals surface area contributed by atoms with Crippen LogP contribution in [0.4, 0.5) is 4.79 Å². The van der Waals surface area contributed by atoms with Gasteiger partial charge < -0.3 is 57.6 Å². The summed E-state index contributed by atoms with van der Waals surface area (Å²) in [5.74, 6) is -2.20. The molecule has 4 saturated heterocycles. The lowest BCUT2D eigenvalue weighted by molar-refractivity contribution is -0.308. The van der Waals surface area contributed by atoms with Crippen LogP contribution in [-0.4, -0.2) is 134 Å². The Morgan fingerprint density at radius 3 is 2.19 bits per heavy atom. The van der Waals surface area contributed by atoms with Gasteiger partial charge in [0, 0.05) is 44.5 Å². The van der Waals surface area contributed by atoms with Gasteiger partial charge in [-0.25, -0.2) is 9.59 Å². The molecule has 15 heteroatoms. The highest BCUT2D eigenvalue weighted by molar-refractivity contribution is 5.91. The third-order valence-electron chi connectivity index (χ3n) is 11.2. The molecule has 1 spiro atoms. The van der Waals surface area contributed by atoms with Crippen LogP contribution in [0.25, 0.3) is 0 Å². The largest absolute Gasteiger partial charge is 0.509 e. The minimum absolute atomic E-state index is 0.0493. The maximum absolute atomic E-state index is 13.4. The summed E-state index contributed by atoms with van der Waals surface area (Å²) in [5, 5.41) is 22.0. The molecule has 0 aromatic rings. The number of fused-ring (bicyclic) bond motifs is 1. The van der Waals surface area contributed by atoms with E-state index in [4.69, 9.17) is 47.4 Å². The minimum atomic E-state index is -1.36. The van der Waals surface area contributed by atoms with Crippen molar-refractivity contribution in [3.05, 3.63) is 24.3 Å². The van der Waals surface area contributed by atoms with Gasteiger partial charge in [0.1, 0.15) is 42.7 Å². The summed E-state index contributed by atoms with van der Waals surface area (Å²) in [6.07, 6.45) is -3.65. The molecule has 2 N–H and O–H groups in total. The number of aliphatic hydroxyl groups is 2. The van der Waals surface area contributed by atoms with E-state index in [1.165, 1.54) is 26.4 Å². The van der Waals surface area contributed by atoms with E-state index in [1.54, 1.807) is 39.8 Å². The molecular formula is C37H56O15. The van der Waals surface area contributed by atoms with Crippen LogP contribution in [0.1, 0.15) is 61.3 Å². The van der Waals surface area contributed by atoms with E-state index in [1.807, 2.05) is 20.8 Å². The van der Waals surface area contributed by atoms with Crippen LogP contribution in [-0.2, 0) is 57.0 Å². The van der Waals surface area contributed by atoms with Gasteiger partial charge in [0.25, 0.3) is 0 Å². The Morgan fingerprint density at radius 2 is 1.54 bits per heavy atom. The number of carbonyl (C=O) groups is 3. The first kappa shape index (κ1) is 40.7. The number of hydrogen-bond donors (Lipinski definition) is 2. The van der Waals surface area contributed by atoms with E-state index in [2.05, 4.69) is 0 Å². The molecule has 0 bridgehead atoms. The summed E-state index contributed by atoms with van der Waals surface area (Å²) in [4.78, 5) is 38.7. The third-order valence-corrected chi connectivity index (χ3v) is 11.2. The number of allylic oxidation sites excluding steroid dienone is 1. The van der Waals surface area contributed by atoms with E-state index in [0.717, 1.165) is 0 Å². The van der Waals surface area contributed by atoms with Crippen molar-refractivity contribution in [1.29, 1.82) is 0 Å². The average Bonchev–Trinajstić information content (AvgIpc) is 3.79. The lowest BCUT2D eigenvalue weighted by Crippen LogP contribution is -2.62. The molecule has 18 atom stereocenters. The number of cyclic esters (lactones) is 2. The van der Waals surface area contributed by atoms with Crippen LogP contribution in [0.15, 0.2) is 24.3 Å². The summed E-state index contributed by atoms with van der Waals surface area (Å²) >= 11 is 0.